The monoisotopic (exact) mass is 199 g/mol. The fraction of sp³-hybridized carbons (Fsp3) is 1.00. The third kappa shape index (κ3) is 2.45. The minimum absolute atomic E-state index is 0.435. The van der Waals surface area contributed by atoms with E-state index in [0.717, 1.165) is 39.3 Å². The Balaban J connectivity index is 1.86. The van der Waals surface area contributed by atoms with Gasteiger partial charge in [0.2, 0.25) is 0 Å². The second-order valence-electron chi connectivity index (χ2n) is 4.25. The lowest BCUT2D eigenvalue weighted by atomic mass is 9.94. The molecule has 3 N–H and O–H groups in total. The second kappa shape index (κ2) is 5.07. The van der Waals surface area contributed by atoms with Gasteiger partial charge in [-0.3, -0.25) is 4.90 Å². The van der Waals surface area contributed by atoms with E-state index in [-0.39, 0.29) is 0 Å². The zero-order chi connectivity index (χ0) is 9.80. The van der Waals surface area contributed by atoms with Crippen LogP contribution in [-0.4, -0.2) is 56.9 Å². The molecule has 82 valence electrons. The van der Waals surface area contributed by atoms with Crippen LogP contribution >= 0.6 is 0 Å². The zero-order valence-corrected chi connectivity index (χ0v) is 8.74. The Bertz CT molecular complexity index is 177. The van der Waals surface area contributed by atoms with E-state index in [2.05, 4.69) is 10.2 Å². The molecule has 0 spiro atoms. The van der Waals surface area contributed by atoms with Crippen molar-refractivity contribution >= 4 is 0 Å². The lowest BCUT2D eigenvalue weighted by Gasteiger charge is -2.36. The number of rotatable bonds is 2. The Morgan fingerprint density at radius 3 is 3.29 bits per heavy atom. The van der Waals surface area contributed by atoms with Crippen LogP contribution in [-0.2, 0) is 4.74 Å². The van der Waals surface area contributed by atoms with Crippen LogP contribution in [0.15, 0.2) is 0 Å². The summed E-state index contributed by atoms with van der Waals surface area (Å²) < 4.78 is 5.84. The SMILES string of the molecule is NCCN1CC[C@H]2CNCCO[C@H]2C1. The maximum atomic E-state index is 5.84. The number of nitrogens with one attached hydrogen (secondary N) is 1. The van der Waals surface area contributed by atoms with Gasteiger partial charge in [0.25, 0.3) is 0 Å². The van der Waals surface area contributed by atoms with Crippen molar-refractivity contribution in [3.63, 3.8) is 0 Å². The zero-order valence-electron chi connectivity index (χ0n) is 8.74. The second-order valence-corrected chi connectivity index (χ2v) is 4.25. The molecule has 0 amide bonds. The molecule has 0 bridgehead atoms. The fourth-order valence-electron chi connectivity index (χ4n) is 2.41. The predicted octanol–water partition coefficient (Wildman–Crippen LogP) is -0.745. The summed E-state index contributed by atoms with van der Waals surface area (Å²) in [6, 6.07) is 0. The smallest absolute Gasteiger partial charge is 0.0743 e. The van der Waals surface area contributed by atoms with Gasteiger partial charge in [-0.05, 0) is 13.0 Å². The first kappa shape index (κ1) is 10.4. The van der Waals surface area contributed by atoms with Crippen molar-refractivity contribution in [3.05, 3.63) is 0 Å². The molecule has 0 aromatic rings. The maximum absolute atomic E-state index is 5.84. The number of ether oxygens (including phenoxy) is 1. The van der Waals surface area contributed by atoms with E-state index in [1.54, 1.807) is 0 Å². The van der Waals surface area contributed by atoms with Crippen LogP contribution in [0.2, 0.25) is 0 Å². The molecule has 2 atom stereocenters. The van der Waals surface area contributed by atoms with Crippen LogP contribution in [0, 0.1) is 5.92 Å². The van der Waals surface area contributed by atoms with E-state index in [9.17, 15) is 0 Å². The minimum atomic E-state index is 0.435. The summed E-state index contributed by atoms with van der Waals surface area (Å²) in [5.74, 6) is 0.714. The van der Waals surface area contributed by atoms with Gasteiger partial charge >= 0.3 is 0 Å². The Kier molecular flexibility index (Phi) is 3.75. The number of nitrogens with two attached hydrogens (primary N) is 1. The summed E-state index contributed by atoms with van der Waals surface area (Å²) in [5, 5.41) is 3.43. The molecule has 0 aromatic heterocycles. The highest BCUT2D eigenvalue weighted by molar-refractivity contribution is 4.84. The first-order chi connectivity index (χ1) is 6.90. The van der Waals surface area contributed by atoms with Crippen molar-refractivity contribution in [2.75, 3.05) is 45.9 Å². The predicted molar refractivity (Wildman–Crippen MR) is 56.2 cm³/mol. The molecule has 0 aliphatic carbocycles. The van der Waals surface area contributed by atoms with E-state index in [4.69, 9.17) is 10.5 Å². The third-order valence-electron chi connectivity index (χ3n) is 3.24. The summed E-state index contributed by atoms with van der Waals surface area (Å²) in [6.45, 7) is 7.02. The van der Waals surface area contributed by atoms with Crippen molar-refractivity contribution in [1.29, 1.82) is 0 Å². The quantitative estimate of drug-likeness (QED) is 0.615. The van der Waals surface area contributed by atoms with Crippen molar-refractivity contribution in [2.45, 2.75) is 12.5 Å². The summed E-state index contributed by atoms with van der Waals surface area (Å²) in [6.07, 6.45) is 1.68. The van der Waals surface area contributed by atoms with Crippen LogP contribution in [0.1, 0.15) is 6.42 Å². The Hall–Kier alpha value is -0.160. The van der Waals surface area contributed by atoms with Gasteiger partial charge in [-0.2, -0.15) is 0 Å². The highest BCUT2D eigenvalue weighted by atomic mass is 16.5. The molecule has 0 unspecified atom stereocenters. The normalized spacial score (nSPS) is 34.9. The molecule has 4 heteroatoms. The molecule has 2 fully saturated rings. The number of hydrogen-bond acceptors (Lipinski definition) is 4. The standard InChI is InChI=1S/C10H21N3O/c11-2-5-13-4-1-9-7-12-3-6-14-10(9)8-13/h9-10,12H,1-8,11H2/t9-,10-/m0/s1. The van der Waals surface area contributed by atoms with Gasteiger partial charge in [0, 0.05) is 38.6 Å². The number of piperidine rings is 1. The highest BCUT2D eigenvalue weighted by Gasteiger charge is 2.30. The molecular weight excluding hydrogens is 178 g/mol. The van der Waals surface area contributed by atoms with E-state index in [0.29, 0.717) is 12.0 Å². The molecule has 0 aromatic carbocycles. The maximum Gasteiger partial charge on any atom is 0.0743 e. The number of likely N-dealkylation sites (tertiary alicyclic amines) is 1. The average molecular weight is 199 g/mol. The van der Waals surface area contributed by atoms with Gasteiger partial charge in [0.1, 0.15) is 0 Å². The van der Waals surface area contributed by atoms with Crippen molar-refractivity contribution in [3.8, 4) is 0 Å². The van der Waals surface area contributed by atoms with Crippen LogP contribution in [0.3, 0.4) is 0 Å². The first-order valence-electron chi connectivity index (χ1n) is 5.65. The highest BCUT2D eigenvalue weighted by Crippen LogP contribution is 2.20. The Morgan fingerprint density at radius 2 is 2.43 bits per heavy atom. The molecular formula is C10H21N3O. The molecule has 2 aliphatic rings. The number of hydrogen-bond donors (Lipinski definition) is 2. The lowest BCUT2D eigenvalue weighted by Crippen LogP contribution is -2.47. The summed E-state index contributed by atoms with van der Waals surface area (Å²) in [4.78, 5) is 2.42. The van der Waals surface area contributed by atoms with Crippen molar-refractivity contribution in [2.24, 2.45) is 11.7 Å². The molecule has 2 rings (SSSR count). The molecule has 14 heavy (non-hydrogen) atoms. The molecule has 0 radical (unpaired) electrons. The molecule has 2 heterocycles. The summed E-state index contributed by atoms with van der Waals surface area (Å²) in [7, 11) is 0. The van der Waals surface area contributed by atoms with Crippen LogP contribution in [0.25, 0.3) is 0 Å². The summed E-state index contributed by atoms with van der Waals surface area (Å²) >= 11 is 0. The molecule has 0 saturated carbocycles. The van der Waals surface area contributed by atoms with Gasteiger partial charge in [0.05, 0.1) is 12.7 Å². The molecule has 4 nitrogen and oxygen atoms in total. The van der Waals surface area contributed by atoms with Gasteiger partial charge in [-0.15, -0.1) is 0 Å². The number of nitrogens with zero attached hydrogens (tertiary/aromatic N) is 1. The Labute approximate surface area is 85.8 Å². The average Bonchev–Trinajstić information content (AvgIpc) is 2.42. The van der Waals surface area contributed by atoms with Gasteiger partial charge in [-0.25, -0.2) is 0 Å². The van der Waals surface area contributed by atoms with E-state index < -0.39 is 0 Å². The third-order valence-corrected chi connectivity index (χ3v) is 3.24. The molecule has 2 saturated heterocycles. The molecule has 2 aliphatic heterocycles. The van der Waals surface area contributed by atoms with Crippen LogP contribution < -0.4 is 11.1 Å². The van der Waals surface area contributed by atoms with Crippen LogP contribution in [0.5, 0.6) is 0 Å². The van der Waals surface area contributed by atoms with Crippen molar-refractivity contribution in [1.82, 2.24) is 10.2 Å². The fourth-order valence-corrected chi connectivity index (χ4v) is 2.41. The minimum Gasteiger partial charge on any atom is -0.375 e. The van der Waals surface area contributed by atoms with Gasteiger partial charge in [-0.1, -0.05) is 0 Å². The van der Waals surface area contributed by atoms with Crippen LogP contribution in [0.4, 0.5) is 0 Å². The van der Waals surface area contributed by atoms with Gasteiger partial charge in [0.15, 0.2) is 0 Å². The van der Waals surface area contributed by atoms with E-state index >= 15 is 0 Å². The van der Waals surface area contributed by atoms with Gasteiger partial charge < -0.3 is 15.8 Å². The lowest BCUT2D eigenvalue weighted by molar-refractivity contribution is -0.0208. The van der Waals surface area contributed by atoms with Crippen molar-refractivity contribution < 1.29 is 4.74 Å². The first-order valence-corrected chi connectivity index (χ1v) is 5.65. The Morgan fingerprint density at radius 1 is 1.50 bits per heavy atom. The number of fused-ring (bicyclic) bond motifs is 1. The summed E-state index contributed by atoms with van der Waals surface area (Å²) in [5.41, 5.74) is 5.56. The van der Waals surface area contributed by atoms with E-state index in [1.807, 2.05) is 0 Å². The topological polar surface area (TPSA) is 50.5 Å². The largest absolute Gasteiger partial charge is 0.375 e. The van der Waals surface area contributed by atoms with E-state index in [1.165, 1.54) is 13.0 Å².